The van der Waals surface area contributed by atoms with Gasteiger partial charge in [-0.05, 0) is 49.1 Å². The number of rotatable bonds is 5. The van der Waals surface area contributed by atoms with Gasteiger partial charge in [0, 0.05) is 24.7 Å². The van der Waals surface area contributed by atoms with Gasteiger partial charge < -0.3 is 5.11 Å². The Bertz CT molecular complexity index is 528. The van der Waals surface area contributed by atoms with Crippen molar-refractivity contribution in [2.75, 3.05) is 13.1 Å². The SMILES string of the molecule is CCC1CCCN(Cc2ccc(F)c(C=CC(=O)O)c2)C1. The number of benzene rings is 1. The average Bonchev–Trinajstić information content (AvgIpc) is 2.48. The Morgan fingerprint density at radius 3 is 3.05 bits per heavy atom. The second kappa shape index (κ2) is 7.36. The highest BCUT2D eigenvalue weighted by Crippen LogP contribution is 2.21. The van der Waals surface area contributed by atoms with E-state index in [1.54, 1.807) is 12.1 Å². The Kier molecular flexibility index (Phi) is 5.51. The number of aliphatic carboxylic acids is 1. The molecule has 1 saturated heterocycles. The molecular weight excluding hydrogens is 269 g/mol. The van der Waals surface area contributed by atoms with Gasteiger partial charge in [0.15, 0.2) is 0 Å². The molecule has 2 rings (SSSR count). The number of piperidine rings is 1. The van der Waals surface area contributed by atoms with E-state index in [9.17, 15) is 9.18 Å². The molecule has 1 aromatic carbocycles. The van der Waals surface area contributed by atoms with Gasteiger partial charge in [0.25, 0.3) is 0 Å². The first kappa shape index (κ1) is 15.7. The third-order valence-electron chi connectivity index (χ3n) is 4.05. The van der Waals surface area contributed by atoms with Crippen LogP contribution in [0.4, 0.5) is 4.39 Å². The van der Waals surface area contributed by atoms with Gasteiger partial charge in [-0.1, -0.05) is 19.4 Å². The summed E-state index contributed by atoms with van der Waals surface area (Å²) in [5.74, 6) is -0.700. The number of likely N-dealkylation sites (tertiary alicyclic amines) is 1. The van der Waals surface area contributed by atoms with E-state index >= 15 is 0 Å². The lowest BCUT2D eigenvalue weighted by molar-refractivity contribution is -0.131. The smallest absolute Gasteiger partial charge is 0.328 e. The normalized spacial score (nSPS) is 20.0. The first-order valence-electron chi connectivity index (χ1n) is 7.50. The van der Waals surface area contributed by atoms with Crippen LogP contribution in [0.5, 0.6) is 0 Å². The molecule has 1 fully saturated rings. The monoisotopic (exact) mass is 291 g/mol. The summed E-state index contributed by atoms with van der Waals surface area (Å²) in [6.07, 6.45) is 5.99. The Balaban J connectivity index is 2.06. The molecule has 0 aromatic heterocycles. The van der Waals surface area contributed by atoms with E-state index in [4.69, 9.17) is 5.11 Å². The second-order valence-electron chi connectivity index (χ2n) is 5.68. The van der Waals surface area contributed by atoms with Crippen LogP contribution in [-0.4, -0.2) is 29.1 Å². The zero-order valence-electron chi connectivity index (χ0n) is 12.4. The number of carboxylic acid groups (broad SMARTS) is 1. The highest BCUT2D eigenvalue weighted by Gasteiger charge is 2.18. The van der Waals surface area contributed by atoms with Crippen molar-refractivity contribution < 1.29 is 14.3 Å². The molecular formula is C17H22FNO2. The Morgan fingerprint density at radius 1 is 1.52 bits per heavy atom. The minimum atomic E-state index is -1.07. The minimum Gasteiger partial charge on any atom is -0.478 e. The van der Waals surface area contributed by atoms with Crippen molar-refractivity contribution >= 4 is 12.0 Å². The van der Waals surface area contributed by atoms with E-state index < -0.39 is 5.97 Å². The van der Waals surface area contributed by atoms with E-state index in [1.165, 1.54) is 31.4 Å². The fraction of sp³-hybridized carbons (Fsp3) is 0.471. The minimum absolute atomic E-state index is 0.332. The molecule has 1 heterocycles. The van der Waals surface area contributed by atoms with Gasteiger partial charge in [-0.25, -0.2) is 9.18 Å². The van der Waals surface area contributed by atoms with Crippen molar-refractivity contribution in [3.8, 4) is 0 Å². The summed E-state index contributed by atoms with van der Waals surface area (Å²) in [6.45, 7) is 5.19. The van der Waals surface area contributed by atoms with Gasteiger partial charge in [-0.15, -0.1) is 0 Å². The van der Waals surface area contributed by atoms with Crippen LogP contribution in [0, 0.1) is 11.7 Å². The van der Waals surface area contributed by atoms with Crippen molar-refractivity contribution in [3.63, 3.8) is 0 Å². The van der Waals surface area contributed by atoms with Gasteiger partial charge in [0.2, 0.25) is 0 Å². The van der Waals surface area contributed by atoms with Crippen LogP contribution in [-0.2, 0) is 11.3 Å². The Morgan fingerprint density at radius 2 is 2.33 bits per heavy atom. The molecule has 1 atom stereocenters. The number of carbonyl (C=O) groups is 1. The lowest BCUT2D eigenvalue weighted by Crippen LogP contribution is -2.34. The molecule has 1 unspecified atom stereocenters. The van der Waals surface area contributed by atoms with Crippen LogP contribution >= 0.6 is 0 Å². The molecule has 1 aliphatic rings. The first-order valence-corrected chi connectivity index (χ1v) is 7.50. The summed E-state index contributed by atoms with van der Waals surface area (Å²) in [5, 5.41) is 8.63. The summed E-state index contributed by atoms with van der Waals surface area (Å²) < 4.78 is 13.7. The summed E-state index contributed by atoms with van der Waals surface area (Å²) >= 11 is 0. The zero-order chi connectivity index (χ0) is 15.2. The number of hydrogen-bond donors (Lipinski definition) is 1. The molecule has 3 nitrogen and oxygen atoms in total. The third kappa shape index (κ3) is 4.67. The van der Waals surface area contributed by atoms with E-state index in [0.717, 1.165) is 37.2 Å². The van der Waals surface area contributed by atoms with Crippen molar-refractivity contribution in [1.29, 1.82) is 0 Å². The number of carboxylic acids is 1. The highest BCUT2D eigenvalue weighted by atomic mass is 19.1. The molecule has 0 spiro atoms. The van der Waals surface area contributed by atoms with E-state index in [0.29, 0.717) is 5.56 Å². The molecule has 1 aromatic rings. The van der Waals surface area contributed by atoms with Crippen LogP contribution in [0.3, 0.4) is 0 Å². The maximum absolute atomic E-state index is 13.7. The van der Waals surface area contributed by atoms with Gasteiger partial charge in [-0.2, -0.15) is 0 Å². The molecule has 0 saturated carbocycles. The van der Waals surface area contributed by atoms with Crippen molar-refractivity contribution in [1.82, 2.24) is 4.90 Å². The molecule has 0 bridgehead atoms. The molecule has 0 radical (unpaired) electrons. The van der Waals surface area contributed by atoms with Crippen LogP contribution in [0.15, 0.2) is 24.3 Å². The largest absolute Gasteiger partial charge is 0.478 e. The van der Waals surface area contributed by atoms with Crippen molar-refractivity contribution in [3.05, 3.63) is 41.2 Å². The van der Waals surface area contributed by atoms with Crippen molar-refractivity contribution in [2.24, 2.45) is 5.92 Å². The van der Waals surface area contributed by atoms with Gasteiger partial charge in [0.05, 0.1) is 0 Å². The van der Waals surface area contributed by atoms with Crippen LogP contribution in [0.1, 0.15) is 37.3 Å². The first-order chi connectivity index (χ1) is 10.1. The highest BCUT2D eigenvalue weighted by molar-refractivity contribution is 5.85. The van der Waals surface area contributed by atoms with Gasteiger partial charge in [0.1, 0.15) is 5.82 Å². The maximum Gasteiger partial charge on any atom is 0.328 e. The Labute approximate surface area is 125 Å². The summed E-state index contributed by atoms with van der Waals surface area (Å²) in [4.78, 5) is 12.9. The molecule has 0 amide bonds. The Hall–Kier alpha value is -1.68. The predicted molar refractivity (Wildman–Crippen MR) is 81.4 cm³/mol. The average molecular weight is 291 g/mol. The standard InChI is InChI=1S/C17H22FNO2/c1-2-13-4-3-9-19(11-13)12-14-5-7-16(18)15(10-14)6-8-17(20)21/h5-8,10,13H,2-4,9,11-12H2,1H3,(H,20,21). The lowest BCUT2D eigenvalue weighted by Gasteiger charge is -2.32. The molecule has 1 aliphatic heterocycles. The fourth-order valence-corrected chi connectivity index (χ4v) is 2.87. The molecule has 4 heteroatoms. The van der Waals surface area contributed by atoms with Gasteiger partial charge >= 0.3 is 5.97 Å². The summed E-state index contributed by atoms with van der Waals surface area (Å²) in [7, 11) is 0. The molecule has 21 heavy (non-hydrogen) atoms. The summed E-state index contributed by atoms with van der Waals surface area (Å²) in [6, 6.07) is 4.94. The number of nitrogens with zero attached hydrogens (tertiary/aromatic N) is 1. The van der Waals surface area contributed by atoms with Crippen molar-refractivity contribution in [2.45, 2.75) is 32.7 Å². The topological polar surface area (TPSA) is 40.5 Å². The lowest BCUT2D eigenvalue weighted by atomic mass is 9.95. The summed E-state index contributed by atoms with van der Waals surface area (Å²) in [5.41, 5.74) is 1.36. The van der Waals surface area contributed by atoms with Gasteiger partial charge in [-0.3, -0.25) is 4.90 Å². The number of halogens is 1. The fourth-order valence-electron chi connectivity index (χ4n) is 2.87. The molecule has 1 N–H and O–H groups in total. The quantitative estimate of drug-likeness (QED) is 0.843. The maximum atomic E-state index is 13.7. The van der Waals surface area contributed by atoms with E-state index in [1.807, 2.05) is 0 Å². The van der Waals surface area contributed by atoms with Crippen LogP contribution in [0.25, 0.3) is 6.08 Å². The molecule has 0 aliphatic carbocycles. The van der Waals surface area contributed by atoms with E-state index in [2.05, 4.69) is 11.8 Å². The van der Waals surface area contributed by atoms with E-state index in [-0.39, 0.29) is 5.82 Å². The predicted octanol–water partition coefficient (Wildman–Crippen LogP) is 3.55. The number of hydrogen-bond acceptors (Lipinski definition) is 2. The zero-order valence-corrected chi connectivity index (χ0v) is 12.4. The third-order valence-corrected chi connectivity index (χ3v) is 4.05. The van der Waals surface area contributed by atoms with Crippen LogP contribution < -0.4 is 0 Å². The second-order valence-corrected chi connectivity index (χ2v) is 5.68. The van der Waals surface area contributed by atoms with Crippen LogP contribution in [0.2, 0.25) is 0 Å². The molecule has 114 valence electrons.